The average molecular weight is 312 g/mol. The molecule has 108 valence electrons. The molecule has 0 saturated carbocycles. The van der Waals surface area contributed by atoms with Gasteiger partial charge in [0.15, 0.2) is 0 Å². The van der Waals surface area contributed by atoms with E-state index in [2.05, 4.69) is 29.1 Å². The van der Waals surface area contributed by atoms with E-state index in [1.807, 2.05) is 0 Å². The van der Waals surface area contributed by atoms with E-state index in [1.165, 1.54) is 11.6 Å². The zero-order chi connectivity index (χ0) is 14.4. The van der Waals surface area contributed by atoms with Crippen molar-refractivity contribution in [3.63, 3.8) is 0 Å². The van der Waals surface area contributed by atoms with Gasteiger partial charge in [0.1, 0.15) is 5.82 Å². The standard InChI is InChI=1S/C16H19ClFNS/c1-2-6-19-15(8-12-5-7-20-11-12)9-13-3-4-14(17)10-16(13)18/h3-5,7,10-11,15,19H,2,6,8-9H2,1H3. The molecule has 0 bridgehead atoms. The lowest BCUT2D eigenvalue weighted by atomic mass is 10.00. The molecule has 0 spiro atoms. The van der Waals surface area contributed by atoms with E-state index >= 15 is 0 Å². The van der Waals surface area contributed by atoms with Crippen LogP contribution in [0.2, 0.25) is 5.02 Å². The Labute approximate surface area is 128 Å². The van der Waals surface area contributed by atoms with E-state index in [4.69, 9.17) is 11.6 Å². The van der Waals surface area contributed by atoms with E-state index in [-0.39, 0.29) is 11.9 Å². The molecule has 1 atom stereocenters. The molecule has 2 rings (SSSR count). The lowest BCUT2D eigenvalue weighted by molar-refractivity contribution is 0.493. The Morgan fingerprint density at radius 2 is 2.15 bits per heavy atom. The zero-order valence-corrected chi connectivity index (χ0v) is 13.1. The van der Waals surface area contributed by atoms with Crippen molar-refractivity contribution in [2.75, 3.05) is 6.54 Å². The molecule has 20 heavy (non-hydrogen) atoms. The fourth-order valence-electron chi connectivity index (χ4n) is 2.21. The first-order valence-corrected chi connectivity index (χ1v) is 8.19. The van der Waals surface area contributed by atoms with E-state index in [9.17, 15) is 4.39 Å². The Morgan fingerprint density at radius 1 is 1.30 bits per heavy atom. The van der Waals surface area contributed by atoms with Crippen LogP contribution in [0, 0.1) is 5.82 Å². The lowest BCUT2D eigenvalue weighted by Crippen LogP contribution is -2.34. The molecule has 1 heterocycles. The molecule has 1 N–H and O–H groups in total. The highest BCUT2D eigenvalue weighted by atomic mass is 35.5. The minimum absolute atomic E-state index is 0.217. The molecular weight excluding hydrogens is 293 g/mol. The van der Waals surface area contributed by atoms with Crippen LogP contribution >= 0.6 is 22.9 Å². The molecule has 0 aliphatic heterocycles. The summed E-state index contributed by atoms with van der Waals surface area (Å²) in [5, 5.41) is 8.18. The van der Waals surface area contributed by atoms with Gasteiger partial charge in [-0.1, -0.05) is 24.6 Å². The third kappa shape index (κ3) is 4.58. The molecule has 1 nitrogen and oxygen atoms in total. The van der Waals surface area contributed by atoms with Gasteiger partial charge in [-0.3, -0.25) is 0 Å². The van der Waals surface area contributed by atoms with Crippen LogP contribution in [0.4, 0.5) is 4.39 Å². The molecule has 0 radical (unpaired) electrons. The molecular formula is C16H19ClFNS. The summed E-state index contributed by atoms with van der Waals surface area (Å²) in [5.41, 5.74) is 2.02. The second-order valence-electron chi connectivity index (χ2n) is 4.93. The van der Waals surface area contributed by atoms with Crippen molar-refractivity contribution < 1.29 is 4.39 Å². The van der Waals surface area contributed by atoms with Crippen molar-refractivity contribution in [1.82, 2.24) is 5.32 Å². The van der Waals surface area contributed by atoms with Crippen LogP contribution in [0.15, 0.2) is 35.0 Å². The Hall–Kier alpha value is -0.900. The first kappa shape index (κ1) is 15.5. The Bertz CT molecular complexity index is 527. The fourth-order valence-corrected chi connectivity index (χ4v) is 3.05. The van der Waals surface area contributed by atoms with Crippen molar-refractivity contribution in [1.29, 1.82) is 0 Å². The largest absolute Gasteiger partial charge is 0.313 e. The van der Waals surface area contributed by atoms with Crippen LogP contribution in [0.5, 0.6) is 0 Å². The van der Waals surface area contributed by atoms with E-state index in [0.717, 1.165) is 24.9 Å². The van der Waals surface area contributed by atoms with E-state index < -0.39 is 0 Å². The maximum absolute atomic E-state index is 13.9. The fraction of sp³-hybridized carbons (Fsp3) is 0.375. The van der Waals surface area contributed by atoms with Gasteiger partial charge >= 0.3 is 0 Å². The zero-order valence-electron chi connectivity index (χ0n) is 11.5. The van der Waals surface area contributed by atoms with E-state index in [1.54, 1.807) is 23.5 Å². The van der Waals surface area contributed by atoms with Crippen molar-refractivity contribution in [2.24, 2.45) is 0 Å². The summed E-state index contributed by atoms with van der Waals surface area (Å²) in [6.45, 7) is 3.08. The van der Waals surface area contributed by atoms with Crippen LogP contribution in [0.1, 0.15) is 24.5 Å². The highest BCUT2D eigenvalue weighted by molar-refractivity contribution is 7.07. The predicted molar refractivity (Wildman–Crippen MR) is 85.2 cm³/mol. The topological polar surface area (TPSA) is 12.0 Å². The van der Waals surface area contributed by atoms with Crippen molar-refractivity contribution in [2.45, 2.75) is 32.2 Å². The summed E-state index contributed by atoms with van der Waals surface area (Å²) in [5.74, 6) is -0.217. The monoisotopic (exact) mass is 311 g/mol. The number of hydrogen-bond acceptors (Lipinski definition) is 2. The van der Waals surface area contributed by atoms with Gasteiger partial charge in [-0.05, 0) is 65.9 Å². The van der Waals surface area contributed by atoms with Crippen molar-refractivity contribution in [3.8, 4) is 0 Å². The first-order chi connectivity index (χ1) is 9.69. The van der Waals surface area contributed by atoms with Gasteiger partial charge in [0.2, 0.25) is 0 Å². The molecule has 1 unspecified atom stereocenters. The second kappa shape index (κ2) is 7.77. The van der Waals surface area contributed by atoms with Gasteiger partial charge in [0.05, 0.1) is 0 Å². The third-order valence-electron chi connectivity index (χ3n) is 3.23. The maximum atomic E-state index is 13.9. The van der Waals surface area contributed by atoms with Crippen LogP contribution in [-0.2, 0) is 12.8 Å². The summed E-state index contributed by atoms with van der Waals surface area (Å²) >= 11 is 7.50. The third-order valence-corrected chi connectivity index (χ3v) is 4.19. The van der Waals surface area contributed by atoms with Gasteiger partial charge in [-0.2, -0.15) is 11.3 Å². The van der Waals surface area contributed by atoms with Crippen molar-refractivity contribution >= 4 is 22.9 Å². The molecule has 0 fully saturated rings. The first-order valence-electron chi connectivity index (χ1n) is 6.87. The van der Waals surface area contributed by atoms with Gasteiger partial charge in [0.25, 0.3) is 0 Å². The molecule has 0 aliphatic rings. The summed E-state index contributed by atoms with van der Waals surface area (Å²) in [6.07, 6.45) is 2.67. The molecule has 1 aromatic heterocycles. The number of rotatable bonds is 7. The molecule has 0 aliphatic carbocycles. The highest BCUT2D eigenvalue weighted by Crippen LogP contribution is 2.18. The van der Waals surface area contributed by atoms with Crippen LogP contribution < -0.4 is 5.32 Å². The van der Waals surface area contributed by atoms with Gasteiger partial charge in [-0.25, -0.2) is 4.39 Å². The maximum Gasteiger partial charge on any atom is 0.127 e. The minimum atomic E-state index is -0.217. The quantitative estimate of drug-likeness (QED) is 0.782. The van der Waals surface area contributed by atoms with Crippen LogP contribution in [-0.4, -0.2) is 12.6 Å². The molecule has 2 aromatic rings. The summed E-state index contributed by atoms with van der Waals surface area (Å²) in [4.78, 5) is 0. The highest BCUT2D eigenvalue weighted by Gasteiger charge is 2.13. The van der Waals surface area contributed by atoms with E-state index in [0.29, 0.717) is 11.4 Å². The molecule has 0 amide bonds. The number of nitrogens with one attached hydrogen (secondary N) is 1. The Morgan fingerprint density at radius 3 is 2.80 bits per heavy atom. The van der Waals surface area contributed by atoms with Gasteiger partial charge in [0, 0.05) is 11.1 Å². The van der Waals surface area contributed by atoms with Crippen molar-refractivity contribution in [3.05, 3.63) is 57.0 Å². The minimum Gasteiger partial charge on any atom is -0.313 e. The Balaban J connectivity index is 2.06. The van der Waals surface area contributed by atoms with Gasteiger partial charge < -0.3 is 5.32 Å². The number of benzene rings is 1. The Kier molecular flexibility index (Phi) is 6.02. The number of thiophene rings is 1. The number of hydrogen-bond donors (Lipinski definition) is 1. The second-order valence-corrected chi connectivity index (χ2v) is 6.14. The predicted octanol–water partition coefficient (Wildman–Crippen LogP) is 4.69. The van der Waals surface area contributed by atoms with Crippen LogP contribution in [0.3, 0.4) is 0 Å². The summed E-state index contributed by atoms with van der Waals surface area (Å²) in [7, 11) is 0. The number of halogens is 2. The molecule has 1 aromatic carbocycles. The normalized spacial score (nSPS) is 12.6. The average Bonchev–Trinajstić information content (AvgIpc) is 2.92. The smallest absolute Gasteiger partial charge is 0.127 e. The lowest BCUT2D eigenvalue weighted by Gasteiger charge is -2.18. The SMILES string of the molecule is CCCNC(Cc1ccsc1)Cc1ccc(Cl)cc1F. The summed E-state index contributed by atoms with van der Waals surface area (Å²) in [6, 6.07) is 7.30. The molecule has 4 heteroatoms. The summed E-state index contributed by atoms with van der Waals surface area (Å²) < 4.78 is 13.9. The molecule has 0 saturated heterocycles. The van der Waals surface area contributed by atoms with Gasteiger partial charge in [-0.15, -0.1) is 0 Å². The van der Waals surface area contributed by atoms with Crippen LogP contribution in [0.25, 0.3) is 0 Å².